The van der Waals surface area contributed by atoms with Gasteiger partial charge in [-0.2, -0.15) is 0 Å². The lowest BCUT2D eigenvalue weighted by Crippen LogP contribution is -2.23. The van der Waals surface area contributed by atoms with E-state index in [2.05, 4.69) is 42.9 Å². The largest absolute Gasteiger partial charge is 0.386 e. The van der Waals surface area contributed by atoms with Gasteiger partial charge < -0.3 is 21.1 Å². The van der Waals surface area contributed by atoms with E-state index in [9.17, 15) is 5.11 Å². The number of allylic oxidation sites excluding steroid dienone is 1. The first-order valence-electron chi connectivity index (χ1n) is 5.49. The molecule has 2 aromatic rings. The molecule has 0 spiro atoms. The van der Waals surface area contributed by atoms with Gasteiger partial charge in [0.05, 0.1) is 17.7 Å². The Kier molecular flexibility index (Phi) is 2.86. The Balaban J connectivity index is 2.04. The Labute approximate surface area is 117 Å². The van der Waals surface area contributed by atoms with Crippen LogP contribution in [0.15, 0.2) is 24.3 Å². The van der Waals surface area contributed by atoms with E-state index in [1.54, 1.807) is 0 Å². The number of alkyl halides is 1. The molecule has 1 aliphatic rings. The van der Waals surface area contributed by atoms with Gasteiger partial charge in [-0.1, -0.05) is 22.6 Å². The minimum absolute atomic E-state index is 0.183. The van der Waals surface area contributed by atoms with E-state index in [1.807, 2.05) is 12.3 Å². The second-order valence-electron chi connectivity index (χ2n) is 4.16. The summed E-state index contributed by atoms with van der Waals surface area (Å²) >= 11 is 2.26. The molecule has 6 nitrogen and oxygen atoms in total. The van der Waals surface area contributed by atoms with Crippen molar-refractivity contribution in [3.05, 3.63) is 29.9 Å². The summed E-state index contributed by atoms with van der Waals surface area (Å²) in [5, 5.41) is 13.3. The highest BCUT2D eigenvalue weighted by molar-refractivity contribution is 14.1. The molecule has 0 radical (unpaired) electrons. The molecule has 0 saturated heterocycles. The lowest BCUT2D eigenvalue weighted by Gasteiger charge is -2.15. The van der Waals surface area contributed by atoms with E-state index in [4.69, 9.17) is 5.73 Å². The van der Waals surface area contributed by atoms with E-state index in [0.717, 1.165) is 21.2 Å². The minimum Gasteiger partial charge on any atom is -0.386 e. The van der Waals surface area contributed by atoms with Crippen LogP contribution < -0.4 is 11.1 Å². The molecule has 7 heteroatoms. The number of halogens is 1. The van der Waals surface area contributed by atoms with Gasteiger partial charge in [0.2, 0.25) is 0 Å². The van der Waals surface area contributed by atoms with Crippen LogP contribution in [0.25, 0.3) is 11.0 Å². The second-order valence-corrected chi connectivity index (χ2v) is 4.93. The number of rotatable bonds is 2. The van der Waals surface area contributed by atoms with Crippen LogP contribution in [0.2, 0.25) is 0 Å². The predicted molar refractivity (Wildman–Crippen MR) is 77.2 cm³/mol. The number of aromatic amines is 1. The summed E-state index contributed by atoms with van der Waals surface area (Å²) in [6.45, 7) is 0. The Morgan fingerprint density at radius 2 is 2.28 bits per heavy atom. The Bertz CT molecular complexity index is 623. The zero-order chi connectivity index (χ0) is 12.7. The van der Waals surface area contributed by atoms with Crippen molar-refractivity contribution in [2.24, 2.45) is 0 Å². The van der Waals surface area contributed by atoms with Gasteiger partial charge in [-0.05, 0) is 6.08 Å². The summed E-state index contributed by atoms with van der Waals surface area (Å²) in [6, 6.07) is -0.183. The summed E-state index contributed by atoms with van der Waals surface area (Å²) in [4.78, 5) is 11.2. The van der Waals surface area contributed by atoms with Crippen LogP contribution in [0.5, 0.6) is 0 Å². The van der Waals surface area contributed by atoms with E-state index < -0.39 is 6.10 Å². The van der Waals surface area contributed by atoms with Crippen molar-refractivity contribution in [2.45, 2.75) is 12.1 Å². The number of hydrogen-bond donors (Lipinski definition) is 4. The summed E-state index contributed by atoms with van der Waals surface area (Å²) in [5.74, 6) is 0.417. The van der Waals surface area contributed by atoms with E-state index in [1.165, 1.54) is 6.33 Å². The molecule has 18 heavy (non-hydrogen) atoms. The monoisotopic (exact) mass is 357 g/mol. The number of aromatic nitrogens is 3. The van der Waals surface area contributed by atoms with Gasteiger partial charge in [-0.3, -0.25) is 0 Å². The van der Waals surface area contributed by atoms with E-state index in [-0.39, 0.29) is 6.04 Å². The number of nitrogen functional groups attached to an aromatic ring is 1. The van der Waals surface area contributed by atoms with Gasteiger partial charge in [0.1, 0.15) is 11.8 Å². The quantitative estimate of drug-likeness (QED) is 0.472. The summed E-state index contributed by atoms with van der Waals surface area (Å²) in [6.07, 6.45) is 4.54. The molecule has 0 saturated carbocycles. The standard InChI is InChI=1S/C11H12IN5O/c12-2-5-1-7(18)8(17-5)6-3-14-10-9(6)15-4-16-11(10)13/h1,3-4,7-8,14,17-18H,2H2,(H2,13,15,16)/t7?,8-/m0/s1. The molecule has 94 valence electrons. The maximum atomic E-state index is 10.1. The van der Waals surface area contributed by atoms with Gasteiger partial charge in [0.25, 0.3) is 0 Å². The van der Waals surface area contributed by atoms with Crippen molar-refractivity contribution in [1.29, 1.82) is 0 Å². The third-order valence-electron chi connectivity index (χ3n) is 3.06. The van der Waals surface area contributed by atoms with Crippen LogP contribution >= 0.6 is 22.6 Å². The van der Waals surface area contributed by atoms with Crippen molar-refractivity contribution in [1.82, 2.24) is 20.3 Å². The highest BCUT2D eigenvalue weighted by Gasteiger charge is 2.29. The molecule has 1 unspecified atom stereocenters. The Morgan fingerprint density at radius 3 is 3.00 bits per heavy atom. The summed E-state index contributed by atoms with van der Waals surface area (Å²) in [5.41, 5.74) is 9.18. The molecule has 0 fully saturated rings. The molecule has 5 N–H and O–H groups in total. The highest BCUT2D eigenvalue weighted by Crippen LogP contribution is 2.31. The van der Waals surface area contributed by atoms with Gasteiger partial charge in [-0.15, -0.1) is 0 Å². The van der Waals surface area contributed by atoms with Gasteiger partial charge in [-0.25, -0.2) is 9.97 Å². The first kappa shape index (κ1) is 11.7. The van der Waals surface area contributed by atoms with Crippen LogP contribution in [0.3, 0.4) is 0 Å². The molecule has 3 rings (SSSR count). The maximum Gasteiger partial charge on any atom is 0.151 e. The summed E-state index contributed by atoms with van der Waals surface area (Å²) < 4.78 is 0.838. The number of anilines is 1. The molecule has 3 heterocycles. The van der Waals surface area contributed by atoms with Crippen LogP contribution in [0.1, 0.15) is 11.6 Å². The van der Waals surface area contributed by atoms with Gasteiger partial charge >= 0.3 is 0 Å². The lowest BCUT2D eigenvalue weighted by atomic mass is 10.1. The average molecular weight is 357 g/mol. The third-order valence-corrected chi connectivity index (χ3v) is 3.88. The average Bonchev–Trinajstić information content (AvgIpc) is 2.93. The van der Waals surface area contributed by atoms with E-state index in [0.29, 0.717) is 11.3 Å². The fourth-order valence-corrected chi connectivity index (χ4v) is 2.67. The van der Waals surface area contributed by atoms with Crippen molar-refractivity contribution in [2.75, 3.05) is 10.2 Å². The fraction of sp³-hybridized carbons (Fsp3) is 0.273. The van der Waals surface area contributed by atoms with Crippen LogP contribution in [-0.2, 0) is 0 Å². The predicted octanol–water partition coefficient (Wildman–Crippen LogP) is 0.864. The van der Waals surface area contributed by atoms with Crippen molar-refractivity contribution < 1.29 is 5.11 Å². The molecular formula is C11H12IN5O. The Morgan fingerprint density at radius 1 is 1.44 bits per heavy atom. The molecular weight excluding hydrogens is 345 g/mol. The molecule has 2 aromatic heterocycles. The van der Waals surface area contributed by atoms with Gasteiger partial charge in [0.15, 0.2) is 5.82 Å². The molecule has 0 amide bonds. The zero-order valence-electron chi connectivity index (χ0n) is 9.39. The van der Waals surface area contributed by atoms with Crippen LogP contribution in [0.4, 0.5) is 5.82 Å². The molecule has 0 aromatic carbocycles. The lowest BCUT2D eigenvalue weighted by molar-refractivity contribution is 0.193. The number of nitrogens with zero attached hydrogens (tertiary/aromatic N) is 2. The first-order valence-corrected chi connectivity index (χ1v) is 7.02. The first-order chi connectivity index (χ1) is 8.70. The molecule has 1 aliphatic heterocycles. The van der Waals surface area contributed by atoms with Crippen molar-refractivity contribution in [3.63, 3.8) is 0 Å². The van der Waals surface area contributed by atoms with E-state index >= 15 is 0 Å². The number of aliphatic hydroxyl groups excluding tert-OH is 1. The smallest absolute Gasteiger partial charge is 0.151 e. The van der Waals surface area contributed by atoms with Crippen LogP contribution in [-0.4, -0.2) is 30.6 Å². The Hall–Kier alpha value is -1.35. The number of hydrogen-bond acceptors (Lipinski definition) is 5. The molecule has 2 atom stereocenters. The van der Waals surface area contributed by atoms with Gasteiger partial charge in [0, 0.05) is 21.9 Å². The molecule has 0 bridgehead atoms. The number of nitrogens with one attached hydrogen (secondary N) is 2. The van der Waals surface area contributed by atoms with Crippen LogP contribution in [0, 0.1) is 0 Å². The molecule has 0 aliphatic carbocycles. The van der Waals surface area contributed by atoms with Crippen molar-refractivity contribution in [3.8, 4) is 0 Å². The number of nitrogens with two attached hydrogens (primary N) is 1. The minimum atomic E-state index is -0.551. The summed E-state index contributed by atoms with van der Waals surface area (Å²) in [7, 11) is 0. The maximum absolute atomic E-state index is 10.1. The number of fused-ring (bicyclic) bond motifs is 1. The fourth-order valence-electron chi connectivity index (χ4n) is 2.20. The third kappa shape index (κ3) is 1.74. The topological polar surface area (TPSA) is 99.8 Å². The number of aliphatic hydroxyl groups is 1. The highest BCUT2D eigenvalue weighted by atomic mass is 127. The number of H-pyrrole nitrogens is 1. The normalized spacial score (nSPS) is 23.1. The second kappa shape index (κ2) is 4.39. The van der Waals surface area contributed by atoms with Crippen molar-refractivity contribution >= 4 is 39.4 Å². The zero-order valence-corrected chi connectivity index (χ0v) is 11.5. The SMILES string of the molecule is Nc1ncnc2c([C@@H]3NC(CI)=CC3O)c[nH]c12.